The average molecular weight is 437 g/mol. The van der Waals surface area contributed by atoms with E-state index in [0.717, 1.165) is 42.3 Å². The van der Waals surface area contributed by atoms with Gasteiger partial charge in [0, 0.05) is 28.2 Å². The van der Waals surface area contributed by atoms with Gasteiger partial charge in [-0.05, 0) is 103 Å². The van der Waals surface area contributed by atoms with Crippen molar-refractivity contribution >= 4 is 34.1 Å². The molecule has 0 spiro atoms. The summed E-state index contributed by atoms with van der Waals surface area (Å²) in [6.45, 7) is 2.05. The summed E-state index contributed by atoms with van der Waals surface area (Å²) in [4.78, 5) is 17.2. The molecule has 2 aromatic carbocycles. The van der Waals surface area contributed by atoms with Gasteiger partial charge in [0.2, 0.25) is 5.91 Å². The Bertz CT molecular complexity index is 1100. The molecule has 0 aliphatic heterocycles. The molecule has 5 rings (SSSR count). The highest BCUT2D eigenvalue weighted by Gasteiger charge is 2.44. The van der Waals surface area contributed by atoms with Gasteiger partial charge in [-0.25, -0.2) is 4.39 Å². The van der Waals surface area contributed by atoms with E-state index < -0.39 is 0 Å². The van der Waals surface area contributed by atoms with E-state index in [2.05, 4.69) is 16.4 Å². The molecule has 1 N–H and O–H groups in total. The lowest BCUT2D eigenvalue weighted by atomic mass is 9.86. The first-order valence-corrected chi connectivity index (χ1v) is 11.5. The fourth-order valence-corrected chi connectivity index (χ4v) is 5.95. The molecule has 0 saturated heterocycles. The van der Waals surface area contributed by atoms with Crippen LogP contribution in [0.4, 0.5) is 10.1 Å². The first-order valence-electron chi connectivity index (χ1n) is 11.1. The molecule has 2 aliphatic carbocycles. The van der Waals surface area contributed by atoms with Crippen LogP contribution in [0.3, 0.4) is 0 Å². The number of anilines is 1. The molecule has 0 bridgehead atoms. The Balaban J connectivity index is 1.24. The third kappa shape index (κ3) is 4.06. The van der Waals surface area contributed by atoms with E-state index in [1.807, 2.05) is 25.3 Å². The van der Waals surface area contributed by atoms with Gasteiger partial charge in [0.05, 0.1) is 5.52 Å². The highest BCUT2D eigenvalue weighted by molar-refractivity contribution is 6.30. The summed E-state index contributed by atoms with van der Waals surface area (Å²) >= 11 is 5.93. The summed E-state index contributed by atoms with van der Waals surface area (Å²) in [5.74, 6) is 1.99. The van der Waals surface area contributed by atoms with Crippen molar-refractivity contribution in [3.63, 3.8) is 0 Å². The molecule has 2 saturated carbocycles. The standard InChI is InChI=1S/C26H26ClFN2O/c1-15(26(31)30-22-5-2-20(27)3-6-22)16-10-17-12-19(13-18(17)11-16)23-8-9-29-25-7-4-21(28)14-24(23)25/h2-9,14-19H,10-13H2,1H3,(H,30,31)/t15-,16?,17-,18?,19?/m0/s1. The van der Waals surface area contributed by atoms with E-state index in [1.54, 1.807) is 24.3 Å². The van der Waals surface area contributed by atoms with Crippen molar-refractivity contribution < 1.29 is 9.18 Å². The topological polar surface area (TPSA) is 42.0 Å². The maximum Gasteiger partial charge on any atom is 0.227 e. The Morgan fingerprint density at radius 3 is 2.48 bits per heavy atom. The molecule has 2 fully saturated rings. The van der Waals surface area contributed by atoms with E-state index >= 15 is 0 Å². The van der Waals surface area contributed by atoms with Gasteiger partial charge < -0.3 is 5.32 Å². The maximum atomic E-state index is 13.9. The van der Waals surface area contributed by atoms with Crippen LogP contribution in [0.25, 0.3) is 10.9 Å². The normalized spacial score (nSPS) is 26.0. The van der Waals surface area contributed by atoms with Crippen molar-refractivity contribution in [3.05, 3.63) is 71.1 Å². The molecule has 1 aromatic heterocycles. The number of nitrogens with zero attached hydrogens (tertiary/aromatic N) is 1. The van der Waals surface area contributed by atoms with Gasteiger partial charge in [0.1, 0.15) is 5.82 Å². The van der Waals surface area contributed by atoms with Crippen molar-refractivity contribution in [3.8, 4) is 0 Å². The first-order chi connectivity index (χ1) is 15.0. The second kappa shape index (κ2) is 8.23. The van der Waals surface area contributed by atoms with Crippen LogP contribution in [0.15, 0.2) is 54.7 Å². The summed E-state index contributed by atoms with van der Waals surface area (Å²) in [5, 5.41) is 4.64. The van der Waals surface area contributed by atoms with Crippen LogP contribution in [0.5, 0.6) is 0 Å². The molecule has 3 nitrogen and oxygen atoms in total. The second-order valence-corrected chi connectivity index (χ2v) is 9.70. The lowest BCUT2D eigenvalue weighted by Gasteiger charge is -2.21. The van der Waals surface area contributed by atoms with Crippen LogP contribution in [0.1, 0.15) is 44.1 Å². The van der Waals surface area contributed by atoms with E-state index in [-0.39, 0.29) is 17.6 Å². The first kappa shape index (κ1) is 20.4. The zero-order valence-corrected chi connectivity index (χ0v) is 18.3. The largest absolute Gasteiger partial charge is 0.326 e. The van der Waals surface area contributed by atoms with Gasteiger partial charge in [-0.2, -0.15) is 0 Å². The summed E-state index contributed by atoms with van der Waals surface area (Å²) in [5.41, 5.74) is 2.88. The SMILES string of the molecule is C[C@H](C(=O)Nc1ccc(Cl)cc1)C1CC2CC(c3ccnc4ccc(F)cc34)C[C@@H]2C1. The number of aromatic nitrogens is 1. The number of fused-ring (bicyclic) bond motifs is 2. The molecular formula is C26H26ClFN2O. The van der Waals surface area contributed by atoms with E-state index in [9.17, 15) is 9.18 Å². The van der Waals surface area contributed by atoms with Crippen LogP contribution in [-0.4, -0.2) is 10.9 Å². The zero-order valence-electron chi connectivity index (χ0n) is 17.5. The molecule has 160 valence electrons. The van der Waals surface area contributed by atoms with Crippen LogP contribution in [-0.2, 0) is 4.79 Å². The van der Waals surface area contributed by atoms with Gasteiger partial charge >= 0.3 is 0 Å². The Labute approximate surface area is 187 Å². The number of carbonyl (C=O) groups excluding carboxylic acids is 1. The van der Waals surface area contributed by atoms with E-state index in [4.69, 9.17) is 11.6 Å². The third-order valence-electron chi connectivity index (χ3n) is 7.46. The van der Waals surface area contributed by atoms with Crippen LogP contribution in [0, 0.1) is 29.5 Å². The van der Waals surface area contributed by atoms with Crippen molar-refractivity contribution in [2.45, 2.75) is 38.5 Å². The molecule has 5 heteroatoms. The quantitative estimate of drug-likeness (QED) is 0.487. The molecule has 1 amide bonds. The highest BCUT2D eigenvalue weighted by atomic mass is 35.5. The number of amides is 1. The van der Waals surface area contributed by atoms with Gasteiger partial charge in [-0.1, -0.05) is 18.5 Å². The van der Waals surface area contributed by atoms with E-state index in [0.29, 0.717) is 28.7 Å². The van der Waals surface area contributed by atoms with Crippen molar-refractivity contribution in [1.29, 1.82) is 0 Å². The number of benzene rings is 2. The van der Waals surface area contributed by atoms with E-state index in [1.165, 1.54) is 11.6 Å². The second-order valence-electron chi connectivity index (χ2n) is 9.27. The van der Waals surface area contributed by atoms with Crippen molar-refractivity contribution in [2.24, 2.45) is 23.7 Å². The number of hydrogen-bond acceptors (Lipinski definition) is 2. The molecule has 5 atom stereocenters. The van der Waals surface area contributed by atoms with Crippen LogP contribution in [0.2, 0.25) is 5.02 Å². The monoisotopic (exact) mass is 436 g/mol. The molecule has 31 heavy (non-hydrogen) atoms. The maximum absolute atomic E-state index is 13.9. The van der Waals surface area contributed by atoms with Gasteiger partial charge in [0.15, 0.2) is 0 Å². The van der Waals surface area contributed by atoms with Gasteiger partial charge in [-0.15, -0.1) is 0 Å². The minimum atomic E-state index is -0.208. The van der Waals surface area contributed by atoms with Crippen molar-refractivity contribution in [2.75, 3.05) is 5.32 Å². The smallest absolute Gasteiger partial charge is 0.227 e. The van der Waals surface area contributed by atoms with Crippen LogP contribution < -0.4 is 5.32 Å². The molecule has 3 unspecified atom stereocenters. The Morgan fingerprint density at radius 1 is 1.06 bits per heavy atom. The number of pyridine rings is 1. The Kier molecular flexibility index (Phi) is 5.43. The van der Waals surface area contributed by atoms with Gasteiger partial charge in [-0.3, -0.25) is 9.78 Å². The fourth-order valence-electron chi connectivity index (χ4n) is 5.82. The third-order valence-corrected chi connectivity index (χ3v) is 7.71. The minimum Gasteiger partial charge on any atom is -0.326 e. The van der Waals surface area contributed by atoms with Crippen LogP contribution >= 0.6 is 11.6 Å². The molecule has 1 heterocycles. The highest BCUT2D eigenvalue weighted by Crippen LogP contribution is 2.54. The number of rotatable bonds is 4. The number of carbonyl (C=O) groups is 1. The number of halogens is 2. The summed E-state index contributed by atoms with van der Waals surface area (Å²) in [6, 6.07) is 14.2. The molecule has 3 aromatic rings. The number of nitrogens with one attached hydrogen (secondary N) is 1. The fraction of sp³-hybridized carbons (Fsp3) is 0.385. The summed E-state index contributed by atoms with van der Waals surface area (Å²) in [6.07, 6.45) is 6.25. The lowest BCUT2D eigenvalue weighted by molar-refractivity contribution is -0.120. The molecule has 2 aliphatic rings. The average Bonchev–Trinajstić information content (AvgIpc) is 3.33. The Morgan fingerprint density at radius 2 is 1.77 bits per heavy atom. The summed E-state index contributed by atoms with van der Waals surface area (Å²) in [7, 11) is 0. The number of hydrogen-bond donors (Lipinski definition) is 1. The van der Waals surface area contributed by atoms with Crippen molar-refractivity contribution in [1.82, 2.24) is 4.98 Å². The predicted octanol–water partition coefficient (Wildman–Crippen LogP) is 6.82. The lowest BCUT2D eigenvalue weighted by Crippen LogP contribution is -2.26. The zero-order chi connectivity index (χ0) is 21.5. The van der Waals surface area contributed by atoms with Gasteiger partial charge in [0.25, 0.3) is 0 Å². The Hall–Kier alpha value is -2.46. The summed E-state index contributed by atoms with van der Waals surface area (Å²) < 4.78 is 13.9. The molecular weight excluding hydrogens is 411 g/mol. The minimum absolute atomic E-state index is 0.0180. The predicted molar refractivity (Wildman–Crippen MR) is 123 cm³/mol. The molecule has 0 radical (unpaired) electrons.